The molecule has 160 valence electrons. The van der Waals surface area contributed by atoms with E-state index in [1.807, 2.05) is 0 Å². The number of para-hydroxylation sites is 1. The molecule has 1 unspecified atom stereocenters. The number of piperazine rings is 1. The first-order valence-corrected chi connectivity index (χ1v) is 10.3. The molecule has 3 rings (SSSR count). The van der Waals surface area contributed by atoms with Crippen molar-refractivity contribution in [3.63, 3.8) is 0 Å². The lowest BCUT2D eigenvalue weighted by atomic mass is 9.99. The molecule has 1 amide bonds. The van der Waals surface area contributed by atoms with Gasteiger partial charge in [0, 0.05) is 32.7 Å². The standard InChI is InChI=1S/C19H25F3N4O2S/c1-25-9-11-26(12-10-25)8-4-7-23-16(27)13-18(28,19(20,21)22)17-24-14-5-2-3-6-15(14)29-17/h2-3,5-6,28H,4,7-13H2,1H3,(H,23,27). The zero-order valence-corrected chi connectivity index (χ0v) is 17.0. The van der Waals surface area contributed by atoms with Crippen LogP contribution >= 0.6 is 11.3 Å². The van der Waals surface area contributed by atoms with E-state index in [0.29, 0.717) is 16.6 Å². The Balaban J connectivity index is 1.57. The second-order valence-electron chi connectivity index (χ2n) is 7.37. The van der Waals surface area contributed by atoms with Crippen LogP contribution in [0.25, 0.3) is 10.2 Å². The minimum atomic E-state index is -5.02. The summed E-state index contributed by atoms with van der Waals surface area (Å²) in [5, 5.41) is 12.4. The van der Waals surface area contributed by atoms with Gasteiger partial charge in [-0.2, -0.15) is 13.2 Å². The topological polar surface area (TPSA) is 68.7 Å². The molecule has 1 atom stereocenters. The number of carbonyl (C=O) groups is 1. The zero-order valence-electron chi connectivity index (χ0n) is 16.2. The van der Waals surface area contributed by atoms with Gasteiger partial charge in [0.05, 0.1) is 16.6 Å². The maximum absolute atomic E-state index is 13.7. The number of thiazole rings is 1. The Morgan fingerprint density at radius 1 is 1.24 bits per heavy atom. The van der Waals surface area contributed by atoms with Gasteiger partial charge in [-0.3, -0.25) is 4.79 Å². The van der Waals surface area contributed by atoms with E-state index < -0.39 is 29.1 Å². The van der Waals surface area contributed by atoms with E-state index in [9.17, 15) is 23.1 Å². The van der Waals surface area contributed by atoms with Crippen LogP contribution in [0.5, 0.6) is 0 Å². The molecule has 1 aromatic heterocycles. The normalized spacial score (nSPS) is 18.7. The Labute approximate surface area is 171 Å². The minimum absolute atomic E-state index is 0.263. The van der Waals surface area contributed by atoms with Crippen molar-refractivity contribution in [3.8, 4) is 0 Å². The van der Waals surface area contributed by atoms with Gasteiger partial charge in [-0.1, -0.05) is 12.1 Å². The molecular weight excluding hydrogens is 405 g/mol. The van der Waals surface area contributed by atoms with E-state index >= 15 is 0 Å². The van der Waals surface area contributed by atoms with Gasteiger partial charge in [0.1, 0.15) is 5.01 Å². The number of aliphatic hydroxyl groups is 1. The van der Waals surface area contributed by atoms with E-state index in [4.69, 9.17) is 0 Å². The fourth-order valence-corrected chi connectivity index (χ4v) is 4.32. The highest BCUT2D eigenvalue weighted by Crippen LogP contribution is 2.44. The van der Waals surface area contributed by atoms with Crippen molar-refractivity contribution in [1.29, 1.82) is 0 Å². The van der Waals surface area contributed by atoms with Crippen LogP contribution in [-0.2, 0) is 10.4 Å². The molecule has 2 N–H and O–H groups in total. The molecule has 6 nitrogen and oxygen atoms in total. The molecule has 1 aliphatic heterocycles. The highest BCUT2D eigenvalue weighted by Gasteiger charge is 2.58. The Hall–Kier alpha value is -1.75. The highest BCUT2D eigenvalue weighted by molar-refractivity contribution is 7.18. The summed E-state index contributed by atoms with van der Waals surface area (Å²) in [7, 11) is 2.06. The van der Waals surface area contributed by atoms with E-state index in [-0.39, 0.29) is 6.54 Å². The number of nitrogens with zero attached hydrogens (tertiary/aromatic N) is 3. The number of halogens is 3. The summed E-state index contributed by atoms with van der Waals surface area (Å²) in [5.74, 6) is -0.845. The Morgan fingerprint density at radius 3 is 2.59 bits per heavy atom. The summed E-state index contributed by atoms with van der Waals surface area (Å²) >= 11 is 0.749. The number of hydrogen-bond donors (Lipinski definition) is 2. The molecule has 0 saturated carbocycles. The van der Waals surface area contributed by atoms with Crippen LogP contribution in [0.15, 0.2) is 24.3 Å². The summed E-state index contributed by atoms with van der Waals surface area (Å²) in [6.45, 7) is 4.88. The van der Waals surface area contributed by atoms with Gasteiger partial charge in [0.15, 0.2) is 0 Å². The fraction of sp³-hybridized carbons (Fsp3) is 0.579. The summed E-state index contributed by atoms with van der Waals surface area (Å²) in [4.78, 5) is 20.6. The summed E-state index contributed by atoms with van der Waals surface area (Å²) in [5.41, 5.74) is -2.94. The molecular formula is C19H25F3N4O2S. The van der Waals surface area contributed by atoms with Crippen LogP contribution in [0.4, 0.5) is 13.2 Å². The van der Waals surface area contributed by atoms with Crippen LogP contribution in [0.3, 0.4) is 0 Å². The summed E-state index contributed by atoms with van der Waals surface area (Å²) in [6, 6.07) is 6.55. The number of nitrogens with one attached hydrogen (secondary N) is 1. The van der Waals surface area contributed by atoms with Gasteiger partial charge < -0.3 is 20.2 Å². The average molecular weight is 430 g/mol. The maximum Gasteiger partial charge on any atom is 0.424 e. The first-order chi connectivity index (χ1) is 13.7. The fourth-order valence-electron chi connectivity index (χ4n) is 3.24. The number of likely N-dealkylation sites (N-methyl/N-ethyl adjacent to an activating group) is 1. The zero-order chi connectivity index (χ0) is 21.1. The third kappa shape index (κ3) is 5.25. The minimum Gasteiger partial charge on any atom is -0.374 e. The Bertz CT molecular complexity index is 803. The van der Waals surface area contributed by atoms with E-state index in [1.54, 1.807) is 24.3 Å². The predicted octanol–water partition coefficient (Wildman–Crippen LogP) is 2.19. The highest BCUT2D eigenvalue weighted by atomic mass is 32.1. The second kappa shape index (κ2) is 8.95. The van der Waals surface area contributed by atoms with Gasteiger partial charge in [0.25, 0.3) is 0 Å². The molecule has 0 aliphatic carbocycles. The lowest BCUT2D eigenvalue weighted by molar-refractivity contribution is -0.267. The third-order valence-electron chi connectivity index (χ3n) is 5.10. The van der Waals surface area contributed by atoms with Crippen LogP contribution in [0, 0.1) is 0 Å². The van der Waals surface area contributed by atoms with Crippen molar-refractivity contribution in [1.82, 2.24) is 20.1 Å². The predicted molar refractivity (Wildman–Crippen MR) is 106 cm³/mol. The number of alkyl halides is 3. The monoisotopic (exact) mass is 430 g/mol. The van der Waals surface area contributed by atoms with Crippen molar-refractivity contribution < 1.29 is 23.1 Å². The van der Waals surface area contributed by atoms with E-state index in [1.165, 1.54) is 0 Å². The number of rotatable bonds is 7. The number of carbonyl (C=O) groups excluding carboxylic acids is 1. The third-order valence-corrected chi connectivity index (χ3v) is 6.29. The maximum atomic E-state index is 13.7. The average Bonchev–Trinajstić information content (AvgIpc) is 3.10. The number of fused-ring (bicyclic) bond motifs is 1. The quantitative estimate of drug-likeness (QED) is 0.659. The number of hydrogen-bond acceptors (Lipinski definition) is 6. The van der Waals surface area contributed by atoms with Crippen LogP contribution in [0.1, 0.15) is 17.8 Å². The van der Waals surface area contributed by atoms with Crippen LogP contribution in [0.2, 0.25) is 0 Å². The molecule has 2 heterocycles. The van der Waals surface area contributed by atoms with Gasteiger partial charge in [0.2, 0.25) is 11.5 Å². The molecule has 1 aromatic carbocycles. The van der Waals surface area contributed by atoms with Gasteiger partial charge >= 0.3 is 6.18 Å². The van der Waals surface area contributed by atoms with Crippen LogP contribution < -0.4 is 5.32 Å². The molecule has 0 radical (unpaired) electrons. The molecule has 0 spiro atoms. The number of aromatic nitrogens is 1. The van der Waals surface area contributed by atoms with Crippen molar-refractivity contribution in [2.24, 2.45) is 0 Å². The first kappa shape index (κ1) is 21.9. The summed E-state index contributed by atoms with van der Waals surface area (Å²) in [6.07, 6.45) is -5.48. The Kier molecular flexibility index (Phi) is 6.77. The smallest absolute Gasteiger partial charge is 0.374 e. The molecule has 29 heavy (non-hydrogen) atoms. The van der Waals surface area contributed by atoms with Crippen molar-refractivity contribution in [3.05, 3.63) is 29.3 Å². The van der Waals surface area contributed by atoms with Crippen molar-refractivity contribution in [2.45, 2.75) is 24.6 Å². The number of amides is 1. The second-order valence-corrected chi connectivity index (χ2v) is 8.40. The van der Waals surface area contributed by atoms with Gasteiger partial charge in [-0.25, -0.2) is 4.98 Å². The Morgan fingerprint density at radius 2 is 1.93 bits per heavy atom. The van der Waals surface area contributed by atoms with Crippen molar-refractivity contribution in [2.75, 3.05) is 46.3 Å². The number of benzene rings is 1. The molecule has 1 fully saturated rings. The molecule has 1 aliphatic rings. The lowest BCUT2D eigenvalue weighted by Gasteiger charge is -2.32. The van der Waals surface area contributed by atoms with Gasteiger partial charge in [-0.05, 0) is 32.1 Å². The van der Waals surface area contributed by atoms with Crippen LogP contribution in [-0.4, -0.2) is 78.3 Å². The van der Waals surface area contributed by atoms with Crippen molar-refractivity contribution >= 4 is 27.5 Å². The summed E-state index contributed by atoms with van der Waals surface area (Å²) < 4.78 is 41.5. The van der Waals surface area contributed by atoms with E-state index in [0.717, 1.165) is 44.1 Å². The largest absolute Gasteiger partial charge is 0.424 e. The SMILES string of the molecule is CN1CCN(CCCNC(=O)CC(O)(c2nc3ccccc3s2)C(F)(F)F)CC1. The van der Waals surface area contributed by atoms with Gasteiger partial charge in [-0.15, -0.1) is 11.3 Å². The molecule has 10 heteroatoms. The first-order valence-electron chi connectivity index (χ1n) is 9.52. The molecule has 2 aromatic rings. The lowest BCUT2D eigenvalue weighted by Crippen LogP contribution is -2.47. The molecule has 1 saturated heterocycles. The molecule has 0 bridgehead atoms. The van der Waals surface area contributed by atoms with E-state index in [2.05, 4.69) is 27.1 Å².